The quantitative estimate of drug-likeness (QED) is 0.848. The number of carbonyl (C=O) groups excluding carboxylic acids is 1. The van der Waals surface area contributed by atoms with Gasteiger partial charge in [-0.2, -0.15) is 13.2 Å². The van der Waals surface area contributed by atoms with E-state index < -0.39 is 34.9 Å². The Bertz CT molecular complexity index is 491. The monoisotopic (exact) mass is 307 g/mol. The highest BCUT2D eigenvalue weighted by atomic mass is 32.2. The van der Waals surface area contributed by atoms with Crippen molar-refractivity contribution >= 4 is 29.3 Å². The Kier molecular flexibility index (Phi) is 5.87. The molecule has 0 fully saturated rings. The van der Waals surface area contributed by atoms with E-state index in [9.17, 15) is 22.8 Å². The molecule has 0 aliphatic carbocycles. The summed E-state index contributed by atoms with van der Waals surface area (Å²) in [6.45, 7) is 0. The zero-order valence-electron chi connectivity index (χ0n) is 10.2. The minimum absolute atomic E-state index is 0.0542. The van der Waals surface area contributed by atoms with Crippen LogP contribution in [0.3, 0.4) is 0 Å². The van der Waals surface area contributed by atoms with E-state index in [0.29, 0.717) is 11.3 Å². The molecule has 0 saturated heterocycles. The van der Waals surface area contributed by atoms with Crippen molar-refractivity contribution in [3.05, 3.63) is 29.8 Å². The number of benzene rings is 1. The maximum atomic E-state index is 11.9. The fourth-order valence-corrected chi connectivity index (χ4v) is 1.77. The average Bonchev–Trinajstić information content (AvgIpc) is 2.34. The highest BCUT2D eigenvalue weighted by Crippen LogP contribution is 2.29. The maximum Gasteiger partial charge on any atom is 0.442 e. The molecule has 0 atom stereocenters. The lowest BCUT2D eigenvalue weighted by Crippen LogP contribution is -2.17. The van der Waals surface area contributed by atoms with Gasteiger partial charge in [0.05, 0.1) is 5.75 Å². The predicted molar refractivity (Wildman–Crippen MR) is 69.5 cm³/mol. The van der Waals surface area contributed by atoms with Crippen molar-refractivity contribution in [2.45, 2.75) is 18.3 Å². The Labute approximate surface area is 117 Å². The summed E-state index contributed by atoms with van der Waals surface area (Å²) in [5.74, 6) is -2.42. The molecule has 0 bridgehead atoms. The number of amides is 1. The van der Waals surface area contributed by atoms with Crippen molar-refractivity contribution in [1.82, 2.24) is 0 Å². The number of thioether (sulfide) groups is 1. The zero-order chi connectivity index (χ0) is 15.2. The Morgan fingerprint density at radius 2 is 2.00 bits per heavy atom. The van der Waals surface area contributed by atoms with Gasteiger partial charge in [0.25, 0.3) is 0 Å². The van der Waals surface area contributed by atoms with Gasteiger partial charge >= 0.3 is 11.5 Å². The van der Waals surface area contributed by atoms with Crippen LogP contribution in [0.5, 0.6) is 0 Å². The molecule has 0 aliphatic rings. The summed E-state index contributed by atoms with van der Waals surface area (Å²) in [5.41, 5.74) is -3.41. The lowest BCUT2D eigenvalue weighted by molar-refractivity contribution is -0.137. The largest absolute Gasteiger partial charge is 0.481 e. The zero-order valence-corrected chi connectivity index (χ0v) is 11.1. The molecular formula is C12H12F3NO3S. The van der Waals surface area contributed by atoms with Crippen LogP contribution in [0.2, 0.25) is 0 Å². The van der Waals surface area contributed by atoms with Crippen molar-refractivity contribution in [3.8, 4) is 0 Å². The van der Waals surface area contributed by atoms with Crippen molar-refractivity contribution in [2.24, 2.45) is 0 Å². The van der Waals surface area contributed by atoms with Gasteiger partial charge in [0.2, 0.25) is 5.91 Å². The molecule has 0 heterocycles. The lowest BCUT2D eigenvalue weighted by Gasteiger charge is -2.08. The third-order valence-corrected chi connectivity index (χ3v) is 2.94. The first kappa shape index (κ1) is 16.4. The van der Waals surface area contributed by atoms with Gasteiger partial charge < -0.3 is 10.4 Å². The smallest absolute Gasteiger partial charge is 0.442 e. The molecule has 4 nitrogen and oxygen atoms in total. The third-order valence-electron chi connectivity index (χ3n) is 2.21. The number of carbonyl (C=O) groups is 2. The fourth-order valence-electron chi connectivity index (χ4n) is 1.40. The van der Waals surface area contributed by atoms with Gasteiger partial charge in [-0.15, -0.1) is 0 Å². The van der Waals surface area contributed by atoms with Crippen LogP contribution in [0.4, 0.5) is 18.9 Å². The molecule has 110 valence electrons. The van der Waals surface area contributed by atoms with Crippen molar-refractivity contribution < 1.29 is 27.9 Å². The predicted octanol–water partition coefficient (Wildman–Crippen LogP) is 2.90. The summed E-state index contributed by atoms with van der Waals surface area (Å²) in [7, 11) is 0. The normalized spacial score (nSPS) is 11.2. The number of halogens is 3. The summed E-state index contributed by atoms with van der Waals surface area (Å²) < 4.78 is 35.8. The molecule has 0 aliphatic heterocycles. The van der Waals surface area contributed by atoms with Crippen LogP contribution in [0, 0.1) is 0 Å². The molecule has 1 amide bonds. The number of alkyl halides is 3. The van der Waals surface area contributed by atoms with Gasteiger partial charge in [-0.3, -0.25) is 9.59 Å². The van der Waals surface area contributed by atoms with Gasteiger partial charge in [0, 0.05) is 12.1 Å². The van der Waals surface area contributed by atoms with Crippen LogP contribution >= 0.6 is 11.8 Å². The van der Waals surface area contributed by atoms with Crippen molar-refractivity contribution in [3.63, 3.8) is 0 Å². The van der Waals surface area contributed by atoms with Crippen molar-refractivity contribution in [2.75, 3.05) is 11.1 Å². The van der Waals surface area contributed by atoms with Crippen LogP contribution < -0.4 is 5.32 Å². The van der Waals surface area contributed by atoms with Gasteiger partial charge in [-0.1, -0.05) is 12.1 Å². The molecule has 1 aromatic carbocycles. The first-order chi connectivity index (χ1) is 9.26. The van der Waals surface area contributed by atoms with E-state index in [-0.39, 0.29) is 12.8 Å². The summed E-state index contributed by atoms with van der Waals surface area (Å²) in [6.07, 6.45) is 0.234. The Hall–Kier alpha value is -1.70. The van der Waals surface area contributed by atoms with Crippen LogP contribution in [-0.2, 0) is 16.0 Å². The molecule has 0 aromatic heterocycles. The van der Waals surface area contributed by atoms with E-state index in [1.165, 1.54) is 6.07 Å². The number of aliphatic carboxylic acids is 1. The summed E-state index contributed by atoms with van der Waals surface area (Å²) in [4.78, 5) is 21.7. The van der Waals surface area contributed by atoms with Crippen LogP contribution in [0.1, 0.15) is 12.0 Å². The van der Waals surface area contributed by atoms with Crippen LogP contribution in [0.15, 0.2) is 24.3 Å². The number of carboxylic acids is 1. The van der Waals surface area contributed by atoms with Gasteiger partial charge in [0.1, 0.15) is 0 Å². The molecule has 8 heteroatoms. The second-order valence-corrected chi connectivity index (χ2v) is 4.92. The lowest BCUT2D eigenvalue weighted by atomic mass is 10.1. The Morgan fingerprint density at radius 1 is 1.30 bits per heavy atom. The summed E-state index contributed by atoms with van der Waals surface area (Å²) in [5, 5.41) is 10.9. The minimum Gasteiger partial charge on any atom is -0.481 e. The minimum atomic E-state index is -4.44. The molecule has 0 spiro atoms. The van der Waals surface area contributed by atoms with E-state index in [4.69, 9.17) is 5.11 Å². The SMILES string of the molecule is O=C(O)CCc1cccc(NC(=O)CSC(F)(F)F)c1. The number of rotatable bonds is 6. The molecular weight excluding hydrogens is 295 g/mol. The van der Waals surface area contributed by atoms with E-state index >= 15 is 0 Å². The standard InChI is InChI=1S/C12H12F3NO3S/c13-12(14,15)20-7-10(17)16-9-3-1-2-8(6-9)4-5-11(18)19/h1-3,6H,4-5,7H2,(H,16,17)(H,18,19). The number of aryl methyl sites for hydroxylation is 1. The van der Waals surface area contributed by atoms with Crippen molar-refractivity contribution in [1.29, 1.82) is 0 Å². The molecule has 0 radical (unpaired) electrons. The fraction of sp³-hybridized carbons (Fsp3) is 0.333. The average molecular weight is 307 g/mol. The van der Waals surface area contributed by atoms with E-state index in [2.05, 4.69) is 5.32 Å². The van der Waals surface area contributed by atoms with E-state index in [0.717, 1.165) is 0 Å². The third kappa shape index (κ3) is 7.03. The molecule has 20 heavy (non-hydrogen) atoms. The highest BCUT2D eigenvalue weighted by Gasteiger charge is 2.29. The molecule has 1 rings (SSSR count). The number of carboxylic acid groups (broad SMARTS) is 1. The number of anilines is 1. The topological polar surface area (TPSA) is 66.4 Å². The second-order valence-electron chi connectivity index (χ2n) is 3.88. The first-order valence-corrected chi connectivity index (χ1v) is 6.56. The van der Waals surface area contributed by atoms with Gasteiger partial charge in [-0.05, 0) is 35.9 Å². The van der Waals surface area contributed by atoms with E-state index in [1.54, 1.807) is 18.2 Å². The molecule has 2 N–H and O–H groups in total. The van der Waals surface area contributed by atoms with Crippen LogP contribution in [-0.4, -0.2) is 28.2 Å². The Morgan fingerprint density at radius 3 is 2.60 bits per heavy atom. The first-order valence-electron chi connectivity index (χ1n) is 5.57. The molecule has 1 aromatic rings. The summed E-state index contributed by atoms with van der Waals surface area (Å²) in [6, 6.07) is 6.35. The molecule has 0 unspecified atom stereocenters. The maximum absolute atomic E-state index is 11.9. The van der Waals surface area contributed by atoms with E-state index in [1.807, 2.05) is 0 Å². The number of hydrogen-bond donors (Lipinski definition) is 2. The Balaban J connectivity index is 2.53. The molecule has 0 saturated carbocycles. The highest BCUT2D eigenvalue weighted by molar-refractivity contribution is 8.00. The number of hydrogen-bond acceptors (Lipinski definition) is 3. The van der Waals surface area contributed by atoms with Gasteiger partial charge in [0.15, 0.2) is 0 Å². The summed E-state index contributed by atoms with van der Waals surface area (Å²) >= 11 is -0.410. The number of nitrogens with one attached hydrogen (secondary N) is 1. The van der Waals surface area contributed by atoms with Gasteiger partial charge in [-0.25, -0.2) is 0 Å². The van der Waals surface area contributed by atoms with Crippen LogP contribution in [0.25, 0.3) is 0 Å². The second kappa shape index (κ2) is 7.18.